The SMILES string of the molecule is Cc1nc(=O)c2cc(Br)ccc2n1C. The molecule has 14 heavy (non-hydrogen) atoms. The Kier molecular flexibility index (Phi) is 2.15. The van der Waals surface area contributed by atoms with E-state index in [9.17, 15) is 4.79 Å². The van der Waals surface area contributed by atoms with Crippen LogP contribution in [0.1, 0.15) is 5.82 Å². The number of benzene rings is 1. The van der Waals surface area contributed by atoms with Crippen molar-refractivity contribution in [3.05, 3.63) is 38.9 Å². The van der Waals surface area contributed by atoms with Gasteiger partial charge in [-0.1, -0.05) is 15.9 Å². The molecule has 0 atom stereocenters. The molecule has 0 saturated carbocycles. The zero-order valence-corrected chi connectivity index (χ0v) is 9.50. The Morgan fingerprint density at radius 3 is 2.86 bits per heavy atom. The van der Waals surface area contributed by atoms with Crippen molar-refractivity contribution in [2.45, 2.75) is 6.92 Å². The predicted molar refractivity (Wildman–Crippen MR) is 59.4 cm³/mol. The number of hydrogen-bond donors (Lipinski definition) is 0. The summed E-state index contributed by atoms with van der Waals surface area (Å²) in [5.41, 5.74) is 0.739. The summed E-state index contributed by atoms with van der Waals surface area (Å²) in [5, 5.41) is 0.646. The van der Waals surface area contributed by atoms with Crippen molar-refractivity contribution in [2.24, 2.45) is 7.05 Å². The van der Waals surface area contributed by atoms with Gasteiger partial charge in [0, 0.05) is 11.5 Å². The van der Waals surface area contributed by atoms with Gasteiger partial charge in [0.25, 0.3) is 5.56 Å². The number of rotatable bonds is 0. The number of hydrogen-bond acceptors (Lipinski definition) is 2. The third kappa shape index (κ3) is 1.35. The molecule has 2 aromatic rings. The highest BCUT2D eigenvalue weighted by atomic mass is 79.9. The van der Waals surface area contributed by atoms with E-state index in [0.29, 0.717) is 5.39 Å². The van der Waals surface area contributed by atoms with Crippen molar-refractivity contribution in [1.29, 1.82) is 0 Å². The number of aromatic nitrogens is 2. The van der Waals surface area contributed by atoms with Gasteiger partial charge in [-0.05, 0) is 25.1 Å². The van der Waals surface area contributed by atoms with Gasteiger partial charge in [-0.25, -0.2) is 0 Å². The first-order valence-corrected chi connectivity index (χ1v) is 5.02. The number of fused-ring (bicyclic) bond motifs is 1. The average molecular weight is 253 g/mol. The lowest BCUT2D eigenvalue weighted by Gasteiger charge is -2.07. The van der Waals surface area contributed by atoms with Gasteiger partial charge in [0.1, 0.15) is 5.82 Å². The second-order valence-corrected chi connectivity index (χ2v) is 4.10. The first kappa shape index (κ1) is 9.40. The Bertz CT molecular complexity index is 560. The van der Waals surface area contributed by atoms with Crippen molar-refractivity contribution in [1.82, 2.24) is 9.55 Å². The van der Waals surface area contributed by atoms with Crippen LogP contribution in [0.5, 0.6) is 0 Å². The summed E-state index contributed by atoms with van der Waals surface area (Å²) in [6.07, 6.45) is 0. The van der Waals surface area contributed by atoms with Crippen LogP contribution in [0.15, 0.2) is 27.5 Å². The van der Waals surface area contributed by atoms with Crippen molar-refractivity contribution in [3.63, 3.8) is 0 Å². The molecule has 1 aromatic carbocycles. The second-order valence-electron chi connectivity index (χ2n) is 3.18. The zero-order chi connectivity index (χ0) is 10.3. The zero-order valence-electron chi connectivity index (χ0n) is 7.91. The number of nitrogens with zero attached hydrogens (tertiary/aromatic N) is 2. The Morgan fingerprint density at radius 1 is 1.43 bits per heavy atom. The molecule has 0 amide bonds. The molecule has 2 rings (SSSR count). The van der Waals surface area contributed by atoms with E-state index in [1.165, 1.54) is 0 Å². The van der Waals surface area contributed by atoms with Gasteiger partial charge in [-0.3, -0.25) is 4.79 Å². The average Bonchev–Trinajstić information content (AvgIpc) is 2.14. The van der Waals surface area contributed by atoms with E-state index in [2.05, 4.69) is 20.9 Å². The van der Waals surface area contributed by atoms with Crippen LogP contribution in [0.4, 0.5) is 0 Å². The topological polar surface area (TPSA) is 34.9 Å². The molecule has 0 N–H and O–H groups in total. The molecule has 0 aliphatic carbocycles. The van der Waals surface area contributed by atoms with Crippen LogP contribution < -0.4 is 5.56 Å². The van der Waals surface area contributed by atoms with Crippen molar-refractivity contribution < 1.29 is 0 Å². The summed E-state index contributed by atoms with van der Waals surface area (Å²) in [5.74, 6) is 0.727. The molecule has 72 valence electrons. The lowest BCUT2D eigenvalue weighted by Crippen LogP contribution is -2.14. The summed E-state index contributed by atoms with van der Waals surface area (Å²) in [6.45, 7) is 1.82. The third-order valence-electron chi connectivity index (χ3n) is 2.30. The van der Waals surface area contributed by atoms with Gasteiger partial charge in [0.2, 0.25) is 0 Å². The van der Waals surface area contributed by atoms with E-state index >= 15 is 0 Å². The van der Waals surface area contributed by atoms with E-state index in [0.717, 1.165) is 15.8 Å². The van der Waals surface area contributed by atoms with E-state index < -0.39 is 0 Å². The molecular weight excluding hydrogens is 244 g/mol. The van der Waals surface area contributed by atoms with E-state index in [-0.39, 0.29) is 5.56 Å². The minimum absolute atomic E-state index is 0.170. The van der Waals surface area contributed by atoms with Gasteiger partial charge >= 0.3 is 0 Å². The smallest absolute Gasteiger partial charge is 0.280 e. The van der Waals surface area contributed by atoms with Crippen molar-refractivity contribution >= 4 is 26.8 Å². The third-order valence-corrected chi connectivity index (χ3v) is 2.79. The molecule has 0 saturated heterocycles. The molecule has 0 bridgehead atoms. The molecular formula is C10H9BrN2O. The van der Waals surface area contributed by atoms with Crippen LogP contribution in [-0.4, -0.2) is 9.55 Å². The molecule has 0 aliphatic rings. The van der Waals surface area contributed by atoms with E-state index in [1.54, 1.807) is 6.07 Å². The minimum atomic E-state index is -0.170. The van der Waals surface area contributed by atoms with Crippen LogP contribution in [0.3, 0.4) is 0 Å². The van der Waals surface area contributed by atoms with Gasteiger partial charge in [-0.2, -0.15) is 4.98 Å². The van der Waals surface area contributed by atoms with Crippen LogP contribution in [-0.2, 0) is 7.05 Å². The van der Waals surface area contributed by atoms with Crippen molar-refractivity contribution in [2.75, 3.05) is 0 Å². The fourth-order valence-corrected chi connectivity index (χ4v) is 1.79. The summed E-state index contributed by atoms with van der Waals surface area (Å²) in [4.78, 5) is 15.5. The molecule has 1 aromatic heterocycles. The van der Waals surface area contributed by atoms with Gasteiger partial charge < -0.3 is 4.57 Å². The summed E-state index contributed by atoms with van der Waals surface area (Å²) >= 11 is 3.33. The minimum Gasteiger partial charge on any atom is -0.332 e. The standard InChI is InChI=1S/C10H9BrN2O/c1-6-12-10(14)8-5-7(11)3-4-9(8)13(6)2/h3-5H,1-2H3. The van der Waals surface area contributed by atoms with Gasteiger partial charge in [0.05, 0.1) is 10.9 Å². The molecule has 0 unspecified atom stereocenters. The van der Waals surface area contributed by atoms with Crippen LogP contribution in [0.2, 0.25) is 0 Å². The molecule has 0 radical (unpaired) electrons. The van der Waals surface area contributed by atoms with Gasteiger partial charge in [-0.15, -0.1) is 0 Å². The Labute approximate surface area is 89.5 Å². The van der Waals surface area contributed by atoms with Gasteiger partial charge in [0.15, 0.2) is 0 Å². The molecule has 0 aliphatic heterocycles. The summed E-state index contributed by atoms with van der Waals surface area (Å²) in [6, 6.07) is 5.63. The Balaban J connectivity index is 3.02. The molecule has 0 fully saturated rings. The maximum absolute atomic E-state index is 11.6. The Morgan fingerprint density at radius 2 is 2.14 bits per heavy atom. The highest BCUT2D eigenvalue weighted by Crippen LogP contribution is 2.16. The first-order valence-electron chi connectivity index (χ1n) is 4.22. The summed E-state index contributed by atoms with van der Waals surface area (Å²) < 4.78 is 2.80. The van der Waals surface area contributed by atoms with E-state index in [1.807, 2.05) is 30.7 Å². The van der Waals surface area contributed by atoms with Crippen LogP contribution >= 0.6 is 15.9 Å². The summed E-state index contributed by atoms with van der Waals surface area (Å²) in [7, 11) is 1.90. The lowest BCUT2D eigenvalue weighted by molar-refractivity contribution is 0.839. The monoisotopic (exact) mass is 252 g/mol. The maximum Gasteiger partial charge on any atom is 0.280 e. The highest BCUT2D eigenvalue weighted by Gasteiger charge is 2.04. The Hall–Kier alpha value is -1.16. The van der Waals surface area contributed by atoms with Crippen LogP contribution in [0.25, 0.3) is 10.9 Å². The first-order chi connectivity index (χ1) is 6.59. The van der Waals surface area contributed by atoms with E-state index in [4.69, 9.17) is 0 Å². The largest absolute Gasteiger partial charge is 0.332 e. The molecule has 4 heteroatoms. The van der Waals surface area contributed by atoms with Crippen molar-refractivity contribution in [3.8, 4) is 0 Å². The molecule has 0 spiro atoms. The maximum atomic E-state index is 11.6. The number of aryl methyl sites for hydroxylation is 2. The number of halogens is 1. The van der Waals surface area contributed by atoms with Crippen LogP contribution in [0, 0.1) is 6.92 Å². The fraction of sp³-hybridized carbons (Fsp3) is 0.200. The normalized spacial score (nSPS) is 10.8. The predicted octanol–water partition coefficient (Wildman–Crippen LogP) is 2.00. The lowest BCUT2D eigenvalue weighted by atomic mass is 10.2. The fourth-order valence-electron chi connectivity index (χ4n) is 1.43. The second kappa shape index (κ2) is 3.20. The quantitative estimate of drug-likeness (QED) is 0.719. The highest BCUT2D eigenvalue weighted by molar-refractivity contribution is 9.10. The molecule has 3 nitrogen and oxygen atoms in total. The molecule has 1 heterocycles.